The molecule has 4 heteroatoms. The Morgan fingerprint density at radius 2 is 2.20 bits per heavy atom. The van der Waals surface area contributed by atoms with Gasteiger partial charge < -0.3 is 10.6 Å². The highest BCUT2D eigenvalue weighted by Gasteiger charge is 2.00. The summed E-state index contributed by atoms with van der Waals surface area (Å²) in [6, 6.07) is 6.07. The highest BCUT2D eigenvalue weighted by Crippen LogP contribution is 2.19. The highest BCUT2D eigenvalue weighted by molar-refractivity contribution is 9.10. The van der Waals surface area contributed by atoms with E-state index in [9.17, 15) is 0 Å². The Morgan fingerprint density at radius 1 is 1.47 bits per heavy atom. The molecule has 0 aromatic heterocycles. The monoisotopic (exact) mass is 286 g/mol. The lowest BCUT2D eigenvalue weighted by Crippen LogP contribution is -2.29. The van der Waals surface area contributed by atoms with Crippen LogP contribution in [0.5, 0.6) is 0 Å². The topological polar surface area (TPSA) is 24.1 Å². The van der Waals surface area contributed by atoms with Crippen LogP contribution in [-0.2, 0) is 0 Å². The van der Waals surface area contributed by atoms with Crippen LogP contribution in [0.4, 0.5) is 5.69 Å². The fraction of sp³-hybridized carbons (Fsp3) is 0.364. The van der Waals surface area contributed by atoms with Gasteiger partial charge in [0.1, 0.15) is 0 Å². The summed E-state index contributed by atoms with van der Waals surface area (Å²) in [6.07, 6.45) is 1.07. The molecular formula is C11H15BrN2S. The largest absolute Gasteiger partial charge is 0.362 e. The Balaban J connectivity index is 2.60. The molecule has 0 saturated carbocycles. The van der Waals surface area contributed by atoms with Crippen molar-refractivity contribution >= 4 is 38.9 Å². The van der Waals surface area contributed by atoms with E-state index in [1.807, 2.05) is 12.1 Å². The second-order valence-corrected chi connectivity index (χ2v) is 4.66. The molecule has 0 aliphatic heterocycles. The van der Waals surface area contributed by atoms with E-state index in [4.69, 9.17) is 12.2 Å². The summed E-state index contributed by atoms with van der Waals surface area (Å²) < 4.78 is 1.08. The molecule has 0 heterocycles. The molecule has 0 unspecified atom stereocenters. The van der Waals surface area contributed by atoms with Crippen molar-refractivity contribution in [3.8, 4) is 0 Å². The Labute approximate surface area is 105 Å². The van der Waals surface area contributed by atoms with E-state index in [1.54, 1.807) is 0 Å². The van der Waals surface area contributed by atoms with Gasteiger partial charge in [0.15, 0.2) is 5.11 Å². The quantitative estimate of drug-likeness (QED) is 0.833. The Kier molecular flexibility index (Phi) is 5.05. The lowest BCUT2D eigenvalue weighted by atomic mass is 10.2. The maximum atomic E-state index is 5.16. The van der Waals surface area contributed by atoms with Gasteiger partial charge >= 0.3 is 0 Å². The average molecular weight is 287 g/mol. The van der Waals surface area contributed by atoms with Gasteiger partial charge in [-0.3, -0.25) is 0 Å². The second kappa shape index (κ2) is 6.08. The molecule has 1 aromatic rings. The Bertz CT molecular complexity index is 352. The predicted molar refractivity (Wildman–Crippen MR) is 73.4 cm³/mol. The number of nitrogens with one attached hydrogen (secondary N) is 2. The molecule has 0 aliphatic carbocycles. The van der Waals surface area contributed by atoms with Crippen LogP contribution >= 0.6 is 28.1 Å². The van der Waals surface area contributed by atoms with Crippen molar-refractivity contribution in [1.82, 2.24) is 5.32 Å². The van der Waals surface area contributed by atoms with Gasteiger partial charge in [-0.05, 0) is 49.3 Å². The minimum Gasteiger partial charge on any atom is -0.362 e. The third-order valence-electron chi connectivity index (χ3n) is 1.97. The molecular weight excluding hydrogens is 272 g/mol. The first-order valence-corrected chi connectivity index (χ1v) is 6.14. The molecule has 0 saturated heterocycles. The molecule has 0 atom stereocenters. The molecule has 82 valence electrons. The number of rotatable bonds is 3. The minimum absolute atomic E-state index is 0.683. The van der Waals surface area contributed by atoms with Gasteiger partial charge in [0.25, 0.3) is 0 Å². The molecule has 1 rings (SSSR count). The Morgan fingerprint density at radius 3 is 2.80 bits per heavy atom. The molecule has 0 aliphatic rings. The van der Waals surface area contributed by atoms with Crippen LogP contribution in [0.25, 0.3) is 0 Å². The van der Waals surface area contributed by atoms with Crippen molar-refractivity contribution in [2.75, 3.05) is 11.9 Å². The lowest BCUT2D eigenvalue weighted by Gasteiger charge is -2.11. The molecule has 1 aromatic carbocycles. The third-order valence-corrected chi connectivity index (χ3v) is 2.71. The number of anilines is 1. The molecule has 0 bridgehead atoms. The van der Waals surface area contributed by atoms with Crippen LogP contribution < -0.4 is 10.6 Å². The summed E-state index contributed by atoms with van der Waals surface area (Å²) >= 11 is 8.59. The van der Waals surface area contributed by atoms with Crippen LogP contribution in [0.2, 0.25) is 0 Å². The van der Waals surface area contributed by atoms with Crippen molar-refractivity contribution in [2.24, 2.45) is 0 Å². The first-order valence-electron chi connectivity index (χ1n) is 4.94. The van der Waals surface area contributed by atoms with Gasteiger partial charge in [-0.25, -0.2) is 0 Å². The SMILES string of the molecule is CCCNC(=S)Nc1ccc(Br)cc1C. The van der Waals surface area contributed by atoms with Crippen molar-refractivity contribution < 1.29 is 0 Å². The normalized spacial score (nSPS) is 9.80. The average Bonchev–Trinajstić information content (AvgIpc) is 2.19. The summed E-state index contributed by atoms with van der Waals surface area (Å²) in [7, 11) is 0. The van der Waals surface area contributed by atoms with Crippen LogP contribution in [-0.4, -0.2) is 11.7 Å². The smallest absolute Gasteiger partial charge is 0.170 e. The molecule has 0 fully saturated rings. The molecule has 2 N–H and O–H groups in total. The zero-order valence-electron chi connectivity index (χ0n) is 8.93. The number of hydrogen-bond donors (Lipinski definition) is 2. The second-order valence-electron chi connectivity index (χ2n) is 3.34. The van der Waals surface area contributed by atoms with E-state index in [0.29, 0.717) is 5.11 Å². The van der Waals surface area contributed by atoms with Gasteiger partial charge in [0.05, 0.1) is 0 Å². The highest BCUT2D eigenvalue weighted by atomic mass is 79.9. The van der Waals surface area contributed by atoms with Crippen molar-refractivity contribution in [1.29, 1.82) is 0 Å². The fourth-order valence-corrected chi connectivity index (χ4v) is 1.86. The third kappa shape index (κ3) is 4.18. The molecule has 2 nitrogen and oxygen atoms in total. The standard InChI is InChI=1S/C11H15BrN2S/c1-3-6-13-11(15)14-10-5-4-9(12)7-8(10)2/h4-5,7H,3,6H2,1-2H3,(H2,13,14,15). The van der Waals surface area contributed by atoms with Crippen LogP contribution in [0.15, 0.2) is 22.7 Å². The van der Waals surface area contributed by atoms with Gasteiger partial charge in [0.2, 0.25) is 0 Å². The van der Waals surface area contributed by atoms with E-state index < -0.39 is 0 Å². The zero-order chi connectivity index (χ0) is 11.3. The summed E-state index contributed by atoms with van der Waals surface area (Å²) in [6.45, 7) is 5.07. The summed E-state index contributed by atoms with van der Waals surface area (Å²) in [5, 5.41) is 6.99. The van der Waals surface area contributed by atoms with E-state index in [-0.39, 0.29) is 0 Å². The number of benzene rings is 1. The van der Waals surface area contributed by atoms with Crippen LogP contribution in [0.3, 0.4) is 0 Å². The van der Waals surface area contributed by atoms with Crippen LogP contribution in [0, 0.1) is 6.92 Å². The van der Waals surface area contributed by atoms with E-state index >= 15 is 0 Å². The number of aryl methyl sites for hydroxylation is 1. The number of thiocarbonyl (C=S) groups is 1. The van der Waals surface area contributed by atoms with Gasteiger partial charge in [-0.15, -0.1) is 0 Å². The minimum atomic E-state index is 0.683. The summed E-state index contributed by atoms with van der Waals surface area (Å²) in [4.78, 5) is 0. The Hall–Kier alpha value is -0.610. The fourth-order valence-electron chi connectivity index (χ4n) is 1.17. The first-order chi connectivity index (χ1) is 7.13. The number of hydrogen-bond acceptors (Lipinski definition) is 1. The first kappa shape index (κ1) is 12.5. The van der Waals surface area contributed by atoms with Crippen molar-refractivity contribution in [3.05, 3.63) is 28.2 Å². The zero-order valence-corrected chi connectivity index (χ0v) is 11.3. The van der Waals surface area contributed by atoms with Gasteiger partial charge in [-0.1, -0.05) is 22.9 Å². The van der Waals surface area contributed by atoms with E-state index in [0.717, 1.165) is 23.1 Å². The molecule has 0 amide bonds. The molecule has 0 radical (unpaired) electrons. The predicted octanol–water partition coefficient (Wildman–Crippen LogP) is 3.45. The van der Waals surface area contributed by atoms with Gasteiger partial charge in [0, 0.05) is 16.7 Å². The molecule has 15 heavy (non-hydrogen) atoms. The maximum absolute atomic E-state index is 5.16. The van der Waals surface area contributed by atoms with Crippen molar-refractivity contribution in [2.45, 2.75) is 20.3 Å². The van der Waals surface area contributed by atoms with E-state index in [1.165, 1.54) is 5.56 Å². The molecule has 0 spiro atoms. The maximum Gasteiger partial charge on any atom is 0.170 e. The van der Waals surface area contributed by atoms with E-state index in [2.05, 4.69) is 46.5 Å². The van der Waals surface area contributed by atoms with Crippen molar-refractivity contribution in [3.63, 3.8) is 0 Å². The lowest BCUT2D eigenvalue weighted by molar-refractivity contribution is 0.846. The number of halogens is 1. The summed E-state index contributed by atoms with van der Waals surface area (Å²) in [5.41, 5.74) is 2.22. The van der Waals surface area contributed by atoms with Gasteiger partial charge in [-0.2, -0.15) is 0 Å². The summed E-state index contributed by atoms with van der Waals surface area (Å²) in [5.74, 6) is 0. The van der Waals surface area contributed by atoms with Crippen LogP contribution in [0.1, 0.15) is 18.9 Å².